The number of urea groups is 2. The number of nitro groups is 1. The van der Waals surface area contributed by atoms with Crippen molar-refractivity contribution in [2.24, 2.45) is 0 Å². The van der Waals surface area contributed by atoms with Crippen molar-refractivity contribution >= 4 is 29.6 Å². The second-order valence-electron chi connectivity index (χ2n) is 7.02. The molecule has 2 fully saturated rings. The van der Waals surface area contributed by atoms with Crippen molar-refractivity contribution in [2.75, 3.05) is 14.1 Å². The van der Waals surface area contributed by atoms with Gasteiger partial charge in [0, 0.05) is 38.7 Å². The number of hydrogen-bond acceptors (Lipinski definition) is 6. The molecule has 11 nitrogen and oxygen atoms in total. The highest BCUT2D eigenvalue weighted by Crippen LogP contribution is 2.50. The Bertz CT molecular complexity index is 930. The van der Waals surface area contributed by atoms with Crippen molar-refractivity contribution in [3.63, 3.8) is 0 Å². The van der Waals surface area contributed by atoms with E-state index in [0.29, 0.717) is 0 Å². The highest BCUT2D eigenvalue weighted by atomic mass is 16.6. The first-order valence-corrected chi connectivity index (χ1v) is 8.36. The quantitative estimate of drug-likeness (QED) is 0.557. The average Bonchev–Trinajstić information content (AvgIpc) is 2.89. The Kier molecular flexibility index (Phi) is 3.95. The Morgan fingerprint density at radius 3 is 1.82 bits per heavy atom. The summed E-state index contributed by atoms with van der Waals surface area (Å²) in [6, 6.07) is 3.41. The molecular weight excluding hydrogens is 370 g/mol. The van der Waals surface area contributed by atoms with Gasteiger partial charge in [0.1, 0.15) is 0 Å². The van der Waals surface area contributed by atoms with Gasteiger partial charge in [-0.15, -0.1) is 0 Å². The average molecular weight is 389 g/mol. The summed E-state index contributed by atoms with van der Waals surface area (Å²) in [5.41, 5.74) is -3.11. The fourth-order valence-corrected chi connectivity index (χ4v) is 4.01. The molecule has 0 unspecified atom stereocenters. The van der Waals surface area contributed by atoms with E-state index in [2.05, 4.69) is 0 Å². The molecule has 0 aliphatic carbocycles. The first kappa shape index (κ1) is 19.3. The van der Waals surface area contributed by atoms with Crippen LogP contribution in [0.25, 0.3) is 0 Å². The lowest BCUT2D eigenvalue weighted by molar-refractivity contribution is -0.384. The second kappa shape index (κ2) is 5.75. The maximum Gasteiger partial charge on any atom is 0.330 e. The first-order valence-electron chi connectivity index (χ1n) is 8.36. The predicted octanol–water partition coefficient (Wildman–Crippen LogP) is 1.45. The summed E-state index contributed by atoms with van der Waals surface area (Å²) in [4.78, 5) is 65.6. The minimum absolute atomic E-state index is 0.0170. The van der Waals surface area contributed by atoms with Crippen LogP contribution in [0.1, 0.15) is 31.1 Å². The van der Waals surface area contributed by atoms with Gasteiger partial charge in [-0.25, -0.2) is 19.4 Å². The minimum atomic E-state index is -1.62. The maximum atomic E-state index is 13.2. The van der Waals surface area contributed by atoms with E-state index in [9.17, 15) is 29.3 Å². The summed E-state index contributed by atoms with van der Waals surface area (Å²) in [7, 11) is 2.89. The highest BCUT2D eigenvalue weighted by molar-refractivity contribution is 6.09. The zero-order chi connectivity index (χ0) is 21.2. The molecule has 2 aliphatic rings. The fourth-order valence-electron chi connectivity index (χ4n) is 4.01. The number of nitro benzene ring substituents is 1. The number of benzene rings is 1. The van der Waals surface area contributed by atoms with E-state index < -0.39 is 40.1 Å². The molecule has 148 valence electrons. The van der Waals surface area contributed by atoms with Crippen molar-refractivity contribution in [3.05, 3.63) is 39.9 Å². The molecule has 0 spiro atoms. The third-order valence-electron chi connectivity index (χ3n) is 5.87. The Morgan fingerprint density at radius 1 is 0.929 bits per heavy atom. The number of hydrogen-bond donors (Lipinski definition) is 0. The Morgan fingerprint density at radius 2 is 1.39 bits per heavy atom. The van der Waals surface area contributed by atoms with Crippen LogP contribution in [0.3, 0.4) is 0 Å². The van der Waals surface area contributed by atoms with Crippen LogP contribution < -0.4 is 0 Å². The normalized spacial score (nSPS) is 26.8. The van der Waals surface area contributed by atoms with E-state index >= 15 is 0 Å². The number of rotatable bonds is 2. The highest BCUT2D eigenvalue weighted by Gasteiger charge is 2.75. The summed E-state index contributed by atoms with van der Waals surface area (Å²) in [5, 5.41) is 10.8. The maximum absolute atomic E-state index is 13.2. The van der Waals surface area contributed by atoms with Crippen LogP contribution in [0.4, 0.5) is 15.3 Å². The number of amides is 6. The van der Waals surface area contributed by atoms with Gasteiger partial charge in [-0.3, -0.25) is 19.7 Å². The van der Waals surface area contributed by atoms with Crippen LogP contribution in [0.2, 0.25) is 0 Å². The van der Waals surface area contributed by atoms with E-state index in [-0.39, 0.29) is 11.3 Å². The van der Waals surface area contributed by atoms with Gasteiger partial charge < -0.3 is 9.80 Å². The molecule has 1 aromatic rings. The molecule has 28 heavy (non-hydrogen) atoms. The van der Waals surface area contributed by atoms with Gasteiger partial charge in [0.2, 0.25) is 5.91 Å². The molecule has 1 aromatic carbocycles. The molecule has 11 heteroatoms. The topological polar surface area (TPSA) is 124 Å². The Balaban J connectivity index is 2.16. The zero-order valence-electron chi connectivity index (χ0n) is 16.0. The summed E-state index contributed by atoms with van der Waals surface area (Å²) in [6.07, 6.45) is 0. The van der Waals surface area contributed by atoms with Crippen LogP contribution in [0.5, 0.6) is 0 Å². The van der Waals surface area contributed by atoms with Gasteiger partial charge >= 0.3 is 12.1 Å². The number of carbonyl (C=O) groups is 4. The van der Waals surface area contributed by atoms with Gasteiger partial charge in [0.15, 0.2) is 11.3 Å². The molecule has 2 atom stereocenters. The van der Waals surface area contributed by atoms with E-state index in [4.69, 9.17) is 0 Å². The second-order valence-corrected chi connectivity index (χ2v) is 7.02. The molecule has 0 saturated carbocycles. The minimum Gasteiger partial charge on any atom is -0.300 e. The first-order chi connectivity index (χ1) is 12.9. The van der Waals surface area contributed by atoms with Crippen LogP contribution in [0, 0.1) is 10.1 Å². The molecule has 0 N–H and O–H groups in total. The van der Waals surface area contributed by atoms with Crippen LogP contribution in [-0.2, 0) is 4.79 Å². The van der Waals surface area contributed by atoms with Crippen molar-refractivity contribution in [2.45, 2.75) is 32.1 Å². The summed E-state index contributed by atoms with van der Waals surface area (Å²) in [6.45, 7) is 4.25. The van der Waals surface area contributed by atoms with Gasteiger partial charge in [-0.05, 0) is 26.0 Å². The van der Waals surface area contributed by atoms with Gasteiger partial charge in [0.05, 0.1) is 4.92 Å². The van der Waals surface area contributed by atoms with E-state index in [1.807, 2.05) is 0 Å². The van der Waals surface area contributed by atoms with E-state index in [0.717, 1.165) is 21.9 Å². The van der Waals surface area contributed by atoms with E-state index in [1.165, 1.54) is 49.9 Å². The van der Waals surface area contributed by atoms with Crippen molar-refractivity contribution in [3.8, 4) is 0 Å². The summed E-state index contributed by atoms with van der Waals surface area (Å²) >= 11 is 0. The number of imide groups is 2. The SMILES string of the molecule is CC(=O)N1C(=O)N(C)[C@]2(C)N(C)C(=O)N(C(=O)c3ccc([N+](=O)[O-])cc3)[C@]12C. The number of non-ortho nitro benzene ring substituents is 1. The molecule has 3 rings (SSSR count). The van der Waals surface area contributed by atoms with Crippen LogP contribution >= 0.6 is 0 Å². The Labute approximate surface area is 160 Å². The van der Waals surface area contributed by atoms with Gasteiger partial charge in [-0.1, -0.05) is 0 Å². The number of likely N-dealkylation sites (N-methyl/N-ethyl adjacent to an activating group) is 2. The monoisotopic (exact) mass is 389 g/mol. The molecule has 6 amide bonds. The number of nitrogens with zero attached hydrogens (tertiary/aromatic N) is 5. The molecule has 0 bridgehead atoms. The third kappa shape index (κ3) is 2.03. The largest absolute Gasteiger partial charge is 0.330 e. The number of carbonyl (C=O) groups excluding carboxylic acids is 4. The third-order valence-corrected chi connectivity index (χ3v) is 5.87. The molecule has 0 radical (unpaired) electrons. The molecule has 2 heterocycles. The molecular formula is C17H19N5O6. The molecule has 2 saturated heterocycles. The van der Waals surface area contributed by atoms with Crippen molar-refractivity contribution < 1.29 is 24.1 Å². The van der Waals surface area contributed by atoms with Crippen molar-refractivity contribution in [1.82, 2.24) is 19.6 Å². The van der Waals surface area contributed by atoms with Crippen LogP contribution in [-0.4, -0.2) is 73.8 Å². The van der Waals surface area contributed by atoms with Gasteiger partial charge in [-0.2, -0.15) is 0 Å². The lowest BCUT2D eigenvalue weighted by Crippen LogP contribution is -2.65. The molecule has 0 aromatic heterocycles. The van der Waals surface area contributed by atoms with Gasteiger partial charge in [0.25, 0.3) is 11.6 Å². The summed E-state index contributed by atoms with van der Waals surface area (Å²) in [5.74, 6) is -1.39. The standard InChI is InChI=1S/C17H19N5O6/c1-10(23)20-14(25)18(4)16(2)17(20,3)21(15(26)19(16)5)13(24)11-6-8-12(9-7-11)22(27)28/h6-9H,1-5H3/t16-,17+/m1/s1. The fraction of sp³-hybridized carbons (Fsp3) is 0.412. The van der Waals surface area contributed by atoms with Crippen LogP contribution in [0.15, 0.2) is 24.3 Å². The molecule has 2 aliphatic heterocycles. The lowest BCUT2D eigenvalue weighted by atomic mass is 9.94. The smallest absolute Gasteiger partial charge is 0.300 e. The predicted molar refractivity (Wildman–Crippen MR) is 94.9 cm³/mol. The zero-order valence-corrected chi connectivity index (χ0v) is 16.0. The van der Waals surface area contributed by atoms with Crippen molar-refractivity contribution in [1.29, 1.82) is 0 Å². The Hall–Kier alpha value is -3.50. The van der Waals surface area contributed by atoms with E-state index in [1.54, 1.807) is 6.92 Å². The number of fused-ring (bicyclic) bond motifs is 1. The lowest BCUT2D eigenvalue weighted by Gasteiger charge is -2.42. The summed E-state index contributed by atoms with van der Waals surface area (Å²) < 4.78 is 0.